The fourth-order valence-corrected chi connectivity index (χ4v) is 4.26. The standard InChI is InChI=1S/C23H26N4O/c1-2-8-20-17(5-1)16-21-22(25-26-23(20)21)18-6-3-7-19(15-18)28-14-13-27-11-4-9-24-10-12-27/h1-3,5-8,15,24H,4,9-14,16H2,(H,25,26). The van der Waals surface area contributed by atoms with Gasteiger partial charge in [-0.3, -0.25) is 10.00 Å². The highest BCUT2D eigenvalue weighted by Crippen LogP contribution is 2.40. The Kier molecular flexibility index (Phi) is 4.85. The molecule has 28 heavy (non-hydrogen) atoms. The number of H-pyrrole nitrogens is 1. The molecule has 2 aromatic carbocycles. The number of aromatic nitrogens is 2. The van der Waals surface area contributed by atoms with Gasteiger partial charge in [-0.05, 0) is 37.2 Å². The van der Waals surface area contributed by atoms with Crippen molar-refractivity contribution in [3.05, 3.63) is 59.7 Å². The molecule has 0 atom stereocenters. The van der Waals surface area contributed by atoms with Gasteiger partial charge in [-0.15, -0.1) is 0 Å². The summed E-state index contributed by atoms with van der Waals surface area (Å²) < 4.78 is 6.07. The van der Waals surface area contributed by atoms with Gasteiger partial charge in [0, 0.05) is 42.7 Å². The summed E-state index contributed by atoms with van der Waals surface area (Å²) in [6, 6.07) is 16.9. The minimum atomic E-state index is 0.716. The van der Waals surface area contributed by atoms with Gasteiger partial charge in [0.05, 0.1) is 11.4 Å². The molecular weight excluding hydrogens is 348 g/mol. The number of aromatic amines is 1. The first-order valence-corrected chi connectivity index (χ1v) is 10.2. The van der Waals surface area contributed by atoms with E-state index in [1.807, 2.05) is 6.07 Å². The quantitative estimate of drug-likeness (QED) is 0.563. The number of ether oxygens (including phenoxy) is 1. The van der Waals surface area contributed by atoms with Gasteiger partial charge in [-0.1, -0.05) is 36.4 Å². The minimum absolute atomic E-state index is 0.716. The Balaban J connectivity index is 1.28. The Morgan fingerprint density at radius 3 is 3.00 bits per heavy atom. The van der Waals surface area contributed by atoms with E-state index in [2.05, 4.69) is 62.9 Å². The van der Waals surface area contributed by atoms with Crippen molar-refractivity contribution < 1.29 is 4.74 Å². The zero-order chi connectivity index (χ0) is 18.8. The number of nitrogens with one attached hydrogen (secondary N) is 2. The summed E-state index contributed by atoms with van der Waals surface area (Å²) in [6.07, 6.45) is 2.15. The second-order valence-electron chi connectivity index (χ2n) is 7.58. The molecule has 2 heterocycles. The predicted molar refractivity (Wildman–Crippen MR) is 112 cm³/mol. The number of hydrogen-bond donors (Lipinski definition) is 2. The maximum atomic E-state index is 6.07. The van der Waals surface area contributed by atoms with Crippen LogP contribution in [0.15, 0.2) is 48.5 Å². The maximum absolute atomic E-state index is 6.07. The van der Waals surface area contributed by atoms with Gasteiger partial charge in [-0.2, -0.15) is 5.10 Å². The highest BCUT2D eigenvalue weighted by Gasteiger charge is 2.24. The van der Waals surface area contributed by atoms with Crippen molar-refractivity contribution in [2.45, 2.75) is 12.8 Å². The topological polar surface area (TPSA) is 53.2 Å². The molecule has 0 spiro atoms. The van der Waals surface area contributed by atoms with E-state index in [1.54, 1.807) is 0 Å². The summed E-state index contributed by atoms with van der Waals surface area (Å²) >= 11 is 0. The minimum Gasteiger partial charge on any atom is -0.492 e. The summed E-state index contributed by atoms with van der Waals surface area (Å²) in [5, 5.41) is 11.3. The predicted octanol–water partition coefficient (Wildman–Crippen LogP) is 3.32. The van der Waals surface area contributed by atoms with Crippen LogP contribution < -0.4 is 10.1 Å². The van der Waals surface area contributed by atoms with E-state index < -0.39 is 0 Å². The van der Waals surface area contributed by atoms with Crippen molar-refractivity contribution >= 4 is 0 Å². The Morgan fingerprint density at radius 1 is 1.04 bits per heavy atom. The van der Waals surface area contributed by atoms with Crippen LogP contribution in [0.5, 0.6) is 5.75 Å². The molecule has 0 amide bonds. The van der Waals surface area contributed by atoms with Crippen molar-refractivity contribution in [3.63, 3.8) is 0 Å². The van der Waals surface area contributed by atoms with Crippen LogP contribution in [0.3, 0.4) is 0 Å². The molecule has 144 valence electrons. The molecule has 2 aliphatic rings. The van der Waals surface area contributed by atoms with Gasteiger partial charge in [0.1, 0.15) is 12.4 Å². The van der Waals surface area contributed by atoms with Gasteiger partial charge < -0.3 is 10.1 Å². The number of fused-ring (bicyclic) bond motifs is 3. The van der Waals surface area contributed by atoms with Crippen molar-refractivity contribution in [1.29, 1.82) is 0 Å². The molecule has 1 aliphatic carbocycles. The van der Waals surface area contributed by atoms with E-state index in [1.165, 1.54) is 23.1 Å². The van der Waals surface area contributed by atoms with E-state index in [0.717, 1.165) is 61.8 Å². The highest BCUT2D eigenvalue weighted by atomic mass is 16.5. The average Bonchev–Trinajstić information content (AvgIpc) is 3.18. The van der Waals surface area contributed by atoms with Crippen molar-refractivity contribution in [1.82, 2.24) is 20.4 Å². The lowest BCUT2D eigenvalue weighted by atomic mass is 10.1. The monoisotopic (exact) mass is 374 g/mol. The Morgan fingerprint density at radius 2 is 2.00 bits per heavy atom. The second-order valence-corrected chi connectivity index (χ2v) is 7.58. The molecular formula is C23H26N4O. The summed E-state index contributed by atoms with van der Waals surface area (Å²) in [7, 11) is 0. The Bertz CT molecular complexity index is 957. The van der Waals surface area contributed by atoms with Gasteiger partial charge in [0.25, 0.3) is 0 Å². The zero-order valence-electron chi connectivity index (χ0n) is 16.1. The summed E-state index contributed by atoms with van der Waals surface area (Å²) in [4.78, 5) is 2.47. The van der Waals surface area contributed by atoms with E-state index >= 15 is 0 Å². The van der Waals surface area contributed by atoms with Crippen molar-refractivity contribution in [2.75, 3.05) is 39.3 Å². The van der Waals surface area contributed by atoms with Crippen LogP contribution in [0.2, 0.25) is 0 Å². The van der Waals surface area contributed by atoms with Crippen LogP contribution >= 0.6 is 0 Å². The molecule has 3 aromatic rings. The van der Waals surface area contributed by atoms with Gasteiger partial charge in [0.2, 0.25) is 0 Å². The molecule has 0 unspecified atom stereocenters. The molecule has 2 N–H and O–H groups in total. The summed E-state index contributed by atoms with van der Waals surface area (Å²) in [5.74, 6) is 0.915. The third-order valence-corrected chi connectivity index (χ3v) is 5.74. The zero-order valence-corrected chi connectivity index (χ0v) is 16.1. The first-order chi connectivity index (χ1) is 13.9. The van der Waals surface area contributed by atoms with Crippen LogP contribution in [0.25, 0.3) is 22.5 Å². The number of hydrogen-bond acceptors (Lipinski definition) is 4. The molecule has 5 heteroatoms. The fraction of sp³-hybridized carbons (Fsp3) is 0.348. The smallest absolute Gasteiger partial charge is 0.120 e. The largest absolute Gasteiger partial charge is 0.492 e. The number of rotatable bonds is 5. The molecule has 5 nitrogen and oxygen atoms in total. The van der Waals surface area contributed by atoms with Crippen LogP contribution in [-0.2, 0) is 6.42 Å². The van der Waals surface area contributed by atoms with Crippen molar-refractivity contribution in [3.8, 4) is 28.3 Å². The SMILES string of the molecule is c1cc(OCCN2CCCNCC2)cc(-c2n[nH]c3c2Cc2ccccc2-3)c1. The van der Waals surface area contributed by atoms with E-state index in [9.17, 15) is 0 Å². The molecule has 1 saturated heterocycles. The second kappa shape index (κ2) is 7.78. The molecule has 1 aromatic heterocycles. The number of nitrogens with zero attached hydrogens (tertiary/aromatic N) is 2. The van der Waals surface area contributed by atoms with E-state index in [4.69, 9.17) is 4.74 Å². The third kappa shape index (κ3) is 3.43. The van der Waals surface area contributed by atoms with Gasteiger partial charge >= 0.3 is 0 Å². The lowest BCUT2D eigenvalue weighted by Crippen LogP contribution is -2.31. The molecule has 5 rings (SSSR count). The van der Waals surface area contributed by atoms with E-state index in [-0.39, 0.29) is 0 Å². The van der Waals surface area contributed by atoms with Crippen molar-refractivity contribution in [2.24, 2.45) is 0 Å². The first kappa shape index (κ1) is 17.5. The highest BCUT2D eigenvalue weighted by molar-refractivity contribution is 5.81. The Hall–Kier alpha value is -2.63. The van der Waals surface area contributed by atoms with Crippen LogP contribution in [-0.4, -0.2) is 54.4 Å². The molecule has 0 radical (unpaired) electrons. The van der Waals surface area contributed by atoms with Crippen LogP contribution in [0, 0.1) is 0 Å². The third-order valence-electron chi connectivity index (χ3n) is 5.74. The fourth-order valence-electron chi connectivity index (χ4n) is 4.26. The van der Waals surface area contributed by atoms with Gasteiger partial charge in [0.15, 0.2) is 0 Å². The van der Waals surface area contributed by atoms with Crippen LogP contribution in [0.1, 0.15) is 17.5 Å². The molecule has 0 saturated carbocycles. The first-order valence-electron chi connectivity index (χ1n) is 10.2. The summed E-state index contributed by atoms with van der Waals surface area (Å²) in [6.45, 7) is 6.13. The van der Waals surface area contributed by atoms with Gasteiger partial charge in [-0.25, -0.2) is 0 Å². The molecule has 1 aliphatic heterocycles. The Labute approximate surface area is 165 Å². The molecule has 1 fully saturated rings. The summed E-state index contributed by atoms with van der Waals surface area (Å²) in [5.41, 5.74) is 7.24. The number of benzene rings is 2. The average molecular weight is 374 g/mol. The van der Waals surface area contributed by atoms with Crippen LogP contribution in [0.4, 0.5) is 0 Å². The van der Waals surface area contributed by atoms with E-state index in [0.29, 0.717) is 6.61 Å². The lowest BCUT2D eigenvalue weighted by molar-refractivity contribution is 0.217. The normalized spacial score (nSPS) is 16.4. The maximum Gasteiger partial charge on any atom is 0.120 e. The molecule has 0 bridgehead atoms. The lowest BCUT2D eigenvalue weighted by Gasteiger charge is -2.19.